The first-order valence-corrected chi connectivity index (χ1v) is 7.66. The molecule has 0 saturated carbocycles. The highest BCUT2D eigenvalue weighted by atomic mass is 16.5. The van der Waals surface area contributed by atoms with Gasteiger partial charge in [-0.25, -0.2) is 4.98 Å². The van der Waals surface area contributed by atoms with Gasteiger partial charge in [0.15, 0.2) is 0 Å². The molecule has 1 N–H and O–H groups in total. The van der Waals surface area contributed by atoms with Crippen molar-refractivity contribution in [1.29, 1.82) is 0 Å². The van der Waals surface area contributed by atoms with Gasteiger partial charge in [-0.15, -0.1) is 0 Å². The Morgan fingerprint density at radius 2 is 2.45 bits per heavy atom. The van der Waals surface area contributed by atoms with Gasteiger partial charge < -0.3 is 14.3 Å². The van der Waals surface area contributed by atoms with Crippen LogP contribution in [0.4, 0.5) is 0 Å². The van der Waals surface area contributed by atoms with E-state index in [1.54, 1.807) is 18.9 Å². The molecule has 22 heavy (non-hydrogen) atoms. The van der Waals surface area contributed by atoms with Crippen LogP contribution in [0.15, 0.2) is 35.5 Å². The van der Waals surface area contributed by atoms with E-state index in [-0.39, 0.29) is 0 Å². The summed E-state index contributed by atoms with van der Waals surface area (Å²) in [6.07, 6.45) is 6.69. The van der Waals surface area contributed by atoms with E-state index < -0.39 is 6.10 Å². The largest absolute Gasteiger partial charge is 0.467 e. The molecule has 120 valence electrons. The molecule has 0 spiro atoms. The molecular formula is C15H22N4O3. The van der Waals surface area contributed by atoms with E-state index in [9.17, 15) is 5.11 Å². The van der Waals surface area contributed by atoms with Crippen molar-refractivity contribution in [2.75, 3.05) is 19.7 Å². The van der Waals surface area contributed by atoms with Gasteiger partial charge >= 0.3 is 0 Å². The Bertz CT molecular complexity index is 529. The third kappa shape index (κ3) is 4.16. The van der Waals surface area contributed by atoms with Crippen molar-refractivity contribution >= 4 is 0 Å². The van der Waals surface area contributed by atoms with Crippen molar-refractivity contribution in [3.8, 4) is 0 Å². The summed E-state index contributed by atoms with van der Waals surface area (Å²) in [5.74, 6) is 0.775. The molecule has 1 saturated heterocycles. The van der Waals surface area contributed by atoms with Crippen LogP contribution in [0.2, 0.25) is 0 Å². The van der Waals surface area contributed by atoms with Gasteiger partial charge in [0, 0.05) is 12.6 Å². The first kappa shape index (κ1) is 15.2. The number of aliphatic hydroxyl groups is 1. The fraction of sp³-hybridized carbons (Fsp3) is 0.600. The lowest BCUT2D eigenvalue weighted by Gasteiger charge is -2.26. The quantitative estimate of drug-likeness (QED) is 0.781. The van der Waals surface area contributed by atoms with Crippen molar-refractivity contribution in [2.45, 2.75) is 38.1 Å². The summed E-state index contributed by atoms with van der Waals surface area (Å²) < 4.78 is 12.5. The molecule has 0 amide bonds. The lowest BCUT2D eigenvalue weighted by atomic mass is 10.2. The highest BCUT2D eigenvalue weighted by molar-refractivity contribution is 4.96. The number of β-amino-alcohol motifs (C(OH)–C–C–N with tert-alkyl or cyclic N) is 1. The van der Waals surface area contributed by atoms with Gasteiger partial charge in [0.2, 0.25) is 0 Å². The molecule has 2 aromatic rings. The van der Waals surface area contributed by atoms with Crippen LogP contribution in [0.5, 0.6) is 0 Å². The Labute approximate surface area is 129 Å². The van der Waals surface area contributed by atoms with Crippen LogP contribution in [0.1, 0.15) is 18.6 Å². The fourth-order valence-electron chi connectivity index (χ4n) is 2.90. The molecule has 7 heteroatoms. The molecule has 0 unspecified atom stereocenters. The molecule has 1 fully saturated rings. The van der Waals surface area contributed by atoms with Crippen molar-refractivity contribution in [3.05, 3.63) is 36.8 Å². The molecule has 0 aliphatic carbocycles. The molecule has 0 aromatic carbocycles. The van der Waals surface area contributed by atoms with Crippen LogP contribution < -0.4 is 0 Å². The second-order valence-electron chi connectivity index (χ2n) is 5.66. The molecule has 3 heterocycles. The van der Waals surface area contributed by atoms with E-state index >= 15 is 0 Å². The maximum atomic E-state index is 10.2. The molecule has 7 nitrogen and oxygen atoms in total. The number of hydrogen-bond donors (Lipinski definition) is 1. The summed E-state index contributed by atoms with van der Waals surface area (Å²) in [6, 6.07) is 4.09. The highest BCUT2D eigenvalue weighted by Crippen LogP contribution is 2.18. The van der Waals surface area contributed by atoms with Crippen LogP contribution in [0, 0.1) is 0 Å². The predicted molar refractivity (Wildman–Crippen MR) is 79.0 cm³/mol. The Hall–Kier alpha value is -1.70. The summed E-state index contributed by atoms with van der Waals surface area (Å²) in [7, 11) is 0. The summed E-state index contributed by atoms with van der Waals surface area (Å²) in [4.78, 5) is 6.28. The maximum absolute atomic E-state index is 10.2. The van der Waals surface area contributed by atoms with Crippen LogP contribution in [-0.4, -0.2) is 56.6 Å². The third-order valence-corrected chi connectivity index (χ3v) is 3.94. The number of rotatable bonds is 8. The lowest BCUT2D eigenvalue weighted by molar-refractivity contribution is 0.00212. The number of ether oxygens (including phenoxy) is 1. The number of likely N-dealkylation sites (tertiary alicyclic amines) is 1. The van der Waals surface area contributed by atoms with Crippen molar-refractivity contribution in [2.24, 2.45) is 0 Å². The van der Waals surface area contributed by atoms with E-state index in [0.29, 0.717) is 25.8 Å². The van der Waals surface area contributed by atoms with Crippen LogP contribution >= 0.6 is 0 Å². The summed E-state index contributed by atoms with van der Waals surface area (Å²) in [5, 5.41) is 14.3. The minimum absolute atomic E-state index is 0.313. The predicted octanol–water partition coefficient (Wildman–Crippen LogP) is 0.913. The number of hydrogen-bond acceptors (Lipinski definition) is 6. The third-order valence-electron chi connectivity index (χ3n) is 3.94. The molecule has 2 aromatic heterocycles. The van der Waals surface area contributed by atoms with Gasteiger partial charge in [0.25, 0.3) is 0 Å². The number of furan rings is 1. The molecule has 1 aliphatic heterocycles. The van der Waals surface area contributed by atoms with E-state index in [2.05, 4.69) is 15.0 Å². The van der Waals surface area contributed by atoms with E-state index in [4.69, 9.17) is 9.15 Å². The first-order chi connectivity index (χ1) is 10.8. The highest BCUT2D eigenvalue weighted by Gasteiger charge is 2.26. The average Bonchev–Trinajstić information content (AvgIpc) is 3.23. The molecule has 2 atom stereocenters. The van der Waals surface area contributed by atoms with Gasteiger partial charge in [-0.3, -0.25) is 9.58 Å². The summed E-state index contributed by atoms with van der Waals surface area (Å²) in [5.41, 5.74) is 0. The van der Waals surface area contributed by atoms with Gasteiger partial charge in [-0.1, -0.05) is 0 Å². The minimum atomic E-state index is -0.494. The van der Waals surface area contributed by atoms with Gasteiger partial charge in [0.1, 0.15) is 25.0 Å². The smallest absolute Gasteiger partial charge is 0.137 e. The maximum Gasteiger partial charge on any atom is 0.137 e. The number of aliphatic hydroxyl groups excluding tert-OH is 1. The Morgan fingerprint density at radius 3 is 3.23 bits per heavy atom. The minimum Gasteiger partial charge on any atom is -0.467 e. The topological polar surface area (TPSA) is 76.6 Å². The molecule has 0 radical (unpaired) electrons. The van der Waals surface area contributed by atoms with Crippen LogP contribution in [0.3, 0.4) is 0 Å². The number of nitrogens with zero attached hydrogens (tertiary/aromatic N) is 4. The number of aromatic nitrogens is 3. The second-order valence-corrected chi connectivity index (χ2v) is 5.66. The van der Waals surface area contributed by atoms with Crippen molar-refractivity contribution in [1.82, 2.24) is 19.7 Å². The van der Waals surface area contributed by atoms with Crippen LogP contribution in [-0.2, 0) is 17.9 Å². The lowest BCUT2D eigenvalue weighted by Crippen LogP contribution is -2.40. The molecule has 3 rings (SSSR count). The zero-order chi connectivity index (χ0) is 15.2. The standard InChI is InChI=1S/C15H22N4O3/c20-14(9-21-10-15-4-2-6-22-15)8-18-5-1-3-13(18)7-19-12-16-11-17-19/h2,4,6,11-14,20H,1,3,5,7-10H2/t13-,14-/m1/s1. The molecule has 0 bridgehead atoms. The molecule has 1 aliphatic rings. The Balaban J connectivity index is 1.40. The van der Waals surface area contributed by atoms with E-state index in [1.165, 1.54) is 0 Å². The Morgan fingerprint density at radius 1 is 1.50 bits per heavy atom. The van der Waals surface area contributed by atoms with Crippen molar-refractivity contribution < 1.29 is 14.3 Å². The Kier molecular flexibility index (Phi) is 5.20. The first-order valence-electron chi connectivity index (χ1n) is 7.66. The van der Waals surface area contributed by atoms with Crippen LogP contribution in [0.25, 0.3) is 0 Å². The van der Waals surface area contributed by atoms with E-state index in [0.717, 1.165) is 31.7 Å². The van der Waals surface area contributed by atoms with Gasteiger partial charge in [-0.05, 0) is 31.5 Å². The zero-order valence-corrected chi connectivity index (χ0v) is 12.5. The zero-order valence-electron chi connectivity index (χ0n) is 12.5. The summed E-state index contributed by atoms with van der Waals surface area (Å²) >= 11 is 0. The molecular weight excluding hydrogens is 284 g/mol. The normalized spacial score (nSPS) is 20.5. The van der Waals surface area contributed by atoms with Crippen molar-refractivity contribution in [3.63, 3.8) is 0 Å². The SMILES string of the molecule is O[C@@H](COCc1ccco1)CN1CCC[C@@H]1Cn1cncn1. The van der Waals surface area contributed by atoms with Gasteiger partial charge in [0.05, 0.1) is 25.5 Å². The average molecular weight is 306 g/mol. The fourth-order valence-corrected chi connectivity index (χ4v) is 2.90. The van der Waals surface area contributed by atoms with E-state index in [1.807, 2.05) is 16.8 Å². The van der Waals surface area contributed by atoms with Gasteiger partial charge in [-0.2, -0.15) is 5.10 Å². The monoisotopic (exact) mass is 306 g/mol. The summed E-state index contributed by atoms with van der Waals surface area (Å²) in [6.45, 7) is 3.16. The second kappa shape index (κ2) is 7.53.